The van der Waals surface area contributed by atoms with Crippen LogP contribution in [0.3, 0.4) is 0 Å². The van der Waals surface area contributed by atoms with Crippen molar-refractivity contribution in [3.05, 3.63) is 16.4 Å². The van der Waals surface area contributed by atoms with Crippen LogP contribution in [0.1, 0.15) is 24.6 Å². The van der Waals surface area contributed by atoms with Gasteiger partial charge in [0.15, 0.2) is 0 Å². The van der Waals surface area contributed by atoms with E-state index in [0.29, 0.717) is 11.5 Å². The first-order valence-corrected chi connectivity index (χ1v) is 6.28. The van der Waals surface area contributed by atoms with Crippen LogP contribution >= 0.6 is 15.9 Å². The van der Waals surface area contributed by atoms with Gasteiger partial charge in [-0.15, -0.1) is 0 Å². The molecule has 1 saturated heterocycles. The number of aromatic nitrogens is 2. The van der Waals surface area contributed by atoms with E-state index in [0.717, 1.165) is 4.60 Å². The zero-order chi connectivity index (χ0) is 10.6. The van der Waals surface area contributed by atoms with E-state index < -0.39 is 0 Å². The number of halogens is 1. The van der Waals surface area contributed by atoms with Crippen molar-refractivity contribution in [1.82, 2.24) is 14.7 Å². The highest BCUT2D eigenvalue weighted by atomic mass is 79.9. The third-order valence-electron chi connectivity index (χ3n) is 3.79. The smallest absolute Gasteiger partial charge is 0.128 e. The van der Waals surface area contributed by atoms with Gasteiger partial charge in [0.25, 0.3) is 0 Å². The first-order chi connectivity index (χ1) is 7.08. The van der Waals surface area contributed by atoms with Gasteiger partial charge in [-0.1, -0.05) is 0 Å². The molecule has 1 aliphatic heterocycles. The Morgan fingerprint density at radius 2 is 2.13 bits per heavy atom. The summed E-state index contributed by atoms with van der Waals surface area (Å²) in [6, 6.07) is 2.74. The quantitative estimate of drug-likeness (QED) is 0.780. The van der Waals surface area contributed by atoms with Crippen molar-refractivity contribution >= 4 is 15.9 Å². The van der Waals surface area contributed by atoms with Crippen LogP contribution in [0.2, 0.25) is 0 Å². The summed E-state index contributed by atoms with van der Waals surface area (Å²) in [5.41, 5.74) is 1.92. The molecule has 0 radical (unpaired) electrons. The Morgan fingerprint density at radius 3 is 2.60 bits per heavy atom. The Hall–Kier alpha value is -0.350. The summed E-state index contributed by atoms with van der Waals surface area (Å²) in [6.45, 7) is 4.70. The van der Waals surface area contributed by atoms with Crippen LogP contribution in [0.4, 0.5) is 0 Å². The number of likely N-dealkylation sites (tertiary alicyclic amines) is 1. The average molecular weight is 270 g/mol. The predicted molar refractivity (Wildman–Crippen MR) is 62.9 cm³/mol. The lowest BCUT2D eigenvalue weighted by Crippen LogP contribution is -2.60. The molecule has 1 saturated carbocycles. The zero-order valence-electron chi connectivity index (χ0n) is 9.20. The summed E-state index contributed by atoms with van der Waals surface area (Å²) in [5, 5.41) is 4.49. The van der Waals surface area contributed by atoms with Gasteiger partial charge in [0, 0.05) is 18.8 Å². The summed E-state index contributed by atoms with van der Waals surface area (Å²) in [4.78, 5) is 2.40. The maximum Gasteiger partial charge on any atom is 0.128 e. The van der Waals surface area contributed by atoms with Crippen LogP contribution in [0.15, 0.2) is 10.7 Å². The van der Waals surface area contributed by atoms with Crippen LogP contribution < -0.4 is 0 Å². The Bertz CT molecular complexity index is 385. The van der Waals surface area contributed by atoms with Crippen molar-refractivity contribution in [3.8, 4) is 0 Å². The fourth-order valence-corrected chi connectivity index (χ4v) is 3.79. The number of nitrogens with zero attached hydrogens (tertiary/aromatic N) is 3. The van der Waals surface area contributed by atoms with E-state index in [1.165, 1.54) is 31.6 Å². The third kappa shape index (κ3) is 1.46. The molecule has 82 valence electrons. The average Bonchev–Trinajstić information content (AvgIpc) is 2.35. The molecule has 3 rings (SSSR count). The van der Waals surface area contributed by atoms with Gasteiger partial charge >= 0.3 is 0 Å². The molecule has 15 heavy (non-hydrogen) atoms. The van der Waals surface area contributed by atoms with Gasteiger partial charge in [0.2, 0.25) is 0 Å². The Kier molecular flexibility index (Phi) is 2.02. The summed E-state index contributed by atoms with van der Waals surface area (Å²) in [7, 11) is 2.20. The fourth-order valence-electron chi connectivity index (χ4n) is 3.29. The molecule has 2 aliphatic rings. The van der Waals surface area contributed by atoms with Gasteiger partial charge in [-0.25, -0.2) is 0 Å². The van der Waals surface area contributed by atoms with Gasteiger partial charge in [-0.2, -0.15) is 5.10 Å². The van der Waals surface area contributed by atoms with Crippen molar-refractivity contribution in [2.45, 2.75) is 25.8 Å². The lowest BCUT2D eigenvalue weighted by atomic mass is 9.61. The van der Waals surface area contributed by atoms with Crippen LogP contribution in [0.25, 0.3) is 0 Å². The van der Waals surface area contributed by atoms with Gasteiger partial charge in [0.1, 0.15) is 4.60 Å². The molecule has 0 bridgehead atoms. The van der Waals surface area contributed by atoms with E-state index in [9.17, 15) is 0 Å². The molecule has 0 atom stereocenters. The molecule has 0 aromatic carbocycles. The zero-order valence-corrected chi connectivity index (χ0v) is 10.8. The number of rotatable bonds is 1. The Balaban J connectivity index is 1.70. The SMILES string of the molecule is Cc1cc(Br)nn1C1CC2(C1)CN(C)C2. The molecule has 3 nitrogen and oxygen atoms in total. The minimum Gasteiger partial charge on any atom is -0.305 e. The van der Waals surface area contributed by atoms with E-state index in [2.05, 4.69) is 50.6 Å². The van der Waals surface area contributed by atoms with Gasteiger partial charge < -0.3 is 4.90 Å². The maximum absolute atomic E-state index is 4.49. The second-order valence-electron chi connectivity index (χ2n) is 5.29. The van der Waals surface area contributed by atoms with Crippen molar-refractivity contribution in [2.24, 2.45) is 5.41 Å². The standard InChI is InChI=1S/C11H16BrN3/c1-8-3-10(12)13-15(8)9-4-11(5-9)6-14(2)7-11/h3,9H,4-7H2,1-2H3. The minimum atomic E-state index is 0.643. The predicted octanol–water partition coefficient (Wildman–Crippen LogP) is 2.22. The lowest BCUT2D eigenvalue weighted by molar-refractivity contribution is -0.0791. The van der Waals surface area contributed by atoms with Crippen LogP contribution in [-0.2, 0) is 0 Å². The van der Waals surface area contributed by atoms with Crippen molar-refractivity contribution in [2.75, 3.05) is 20.1 Å². The lowest BCUT2D eigenvalue weighted by Gasteiger charge is -2.58. The molecule has 1 aliphatic carbocycles. The fraction of sp³-hybridized carbons (Fsp3) is 0.727. The minimum absolute atomic E-state index is 0.643. The molecule has 0 N–H and O–H groups in total. The highest BCUT2D eigenvalue weighted by Crippen LogP contribution is 2.53. The van der Waals surface area contributed by atoms with Crippen LogP contribution in [-0.4, -0.2) is 34.8 Å². The first kappa shape index (κ1) is 9.85. The molecule has 0 unspecified atom stereocenters. The third-order valence-corrected chi connectivity index (χ3v) is 4.17. The molecule has 4 heteroatoms. The highest BCUT2D eigenvalue weighted by molar-refractivity contribution is 9.10. The largest absolute Gasteiger partial charge is 0.305 e. The Morgan fingerprint density at radius 1 is 1.47 bits per heavy atom. The van der Waals surface area contributed by atoms with E-state index in [1.54, 1.807) is 0 Å². The molecular weight excluding hydrogens is 254 g/mol. The molecular formula is C11H16BrN3. The molecule has 2 fully saturated rings. The summed E-state index contributed by atoms with van der Waals surface area (Å²) < 4.78 is 3.15. The molecule has 1 spiro atoms. The van der Waals surface area contributed by atoms with E-state index in [4.69, 9.17) is 0 Å². The van der Waals surface area contributed by atoms with Crippen LogP contribution in [0.5, 0.6) is 0 Å². The van der Waals surface area contributed by atoms with E-state index in [1.807, 2.05) is 0 Å². The maximum atomic E-state index is 4.49. The second kappa shape index (κ2) is 3.08. The normalized spacial score (nSPS) is 25.3. The summed E-state index contributed by atoms with van der Waals surface area (Å²) in [6.07, 6.45) is 2.62. The monoisotopic (exact) mass is 269 g/mol. The Labute approximate surface area is 98.6 Å². The highest BCUT2D eigenvalue weighted by Gasteiger charge is 2.52. The molecule has 1 aromatic rings. The van der Waals surface area contributed by atoms with Crippen molar-refractivity contribution in [3.63, 3.8) is 0 Å². The summed E-state index contributed by atoms with van der Waals surface area (Å²) >= 11 is 3.43. The molecule has 2 heterocycles. The first-order valence-electron chi connectivity index (χ1n) is 5.48. The van der Waals surface area contributed by atoms with Crippen molar-refractivity contribution < 1.29 is 0 Å². The summed E-state index contributed by atoms with van der Waals surface area (Å²) in [5.74, 6) is 0. The van der Waals surface area contributed by atoms with Gasteiger partial charge in [-0.3, -0.25) is 4.68 Å². The topological polar surface area (TPSA) is 21.1 Å². The van der Waals surface area contributed by atoms with Crippen molar-refractivity contribution in [1.29, 1.82) is 0 Å². The van der Waals surface area contributed by atoms with E-state index >= 15 is 0 Å². The molecule has 1 aromatic heterocycles. The number of hydrogen-bond donors (Lipinski definition) is 0. The number of hydrogen-bond acceptors (Lipinski definition) is 2. The van der Waals surface area contributed by atoms with Gasteiger partial charge in [0.05, 0.1) is 6.04 Å². The molecule has 0 amide bonds. The van der Waals surface area contributed by atoms with E-state index in [-0.39, 0.29) is 0 Å². The number of aryl methyl sites for hydroxylation is 1. The van der Waals surface area contributed by atoms with Crippen LogP contribution in [0, 0.1) is 12.3 Å². The second-order valence-corrected chi connectivity index (χ2v) is 6.10. The van der Waals surface area contributed by atoms with Gasteiger partial charge in [-0.05, 0) is 54.2 Å².